The second-order valence-electron chi connectivity index (χ2n) is 6.78. The minimum absolute atomic E-state index is 0.0152. The van der Waals surface area contributed by atoms with Crippen molar-refractivity contribution in [3.05, 3.63) is 0 Å². The predicted molar refractivity (Wildman–Crippen MR) is 90.7 cm³/mol. The van der Waals surface area contributed by atoms with E-state index in [-0.39, 0.29) is 6.03 Å². The zero-order valence-electron chi connectivity index (χ0n) is 14.8. The maximum Gasteiger partial charge on any atom is 0.317 e. The lowest BCUT2D eigenvalue weighted by Gasteiger charge is -2.29. The maximum atomic E-state index is 12.0. The van der Waals surface area contributed by atoms with Crippen LogP contribution in [0.3, 0.4) is 0 Å². The Morgan fingerprint density at radius 3 is 2.78 bits per heavy atom. The van der Waals surface area contributed by atoms with Crippen molar-refractivity contribution in [1.29, 1.82) is 0 Å². The number of hydrogen-bond acceptors (Lipinski definition) is 4. The van der Waals surface area contributed by atoms with E-state index in [9.17, 15) is 4.79 Å². The topological polar surface area (TPSA) is 54.0 Å². The number of hydrogen-bond donors (Lipinski definition) is 1. The molecule has 1 N–H and O–H groups in total. The van der Waals surface area contributed by atoms with Gasteiger partial charge in [-0.2, -0.15) is 0 Å². The summed E-state index contributed by atoms with van der Waals surface area (Å²) in [6.07, 6.45) is 5.40. The first-order chi connectivity index (χ1) is 11.2. The van der Waals surface area contributed by atoms with Gasteiger partial charge in [0.05, 0.1) is 25.9 Å². The molecule has 0 unspecified atom stereocenters. The summed E-state index contributed by atoms with van der Waals surface area (Å²) in [6.45, 7) is 8.63. The molecule has 0 spiro atoms. The first kappa shape index (κ1) is 18.5. The van der Waals surface area contributed by atoms with E-state index in [1.165, 1.54) is 19.3 Å². The molecule has 0 aromatic carbocycles. The summed E-state index contributed by atoms with van der Waals surface area (Å²) in [5.41, 5.74) is 0. The molecule has 1 saturated carbocycles. The number of likely N-dealkylation sites (N-methyl/N-ethyl adjacent to an activating group) is 1. The number of morpholine rings is 1. The van der Waals surface area contributed by atoms with E-state index < -0.39 is 0 Å². The number of ether oxygens (including phenoxy) is 2. The summed E-state index contributed by atoms with van der Waals surface area (Å²) < 4.78 is 11.3. The Morgan fingerprint density at radius 2 is 2.04 bits per heavy atom. The summed E-state index contributed by atoms with van der Waals surface area (Å²) in [4.78, 5) is 16.1. The monoisotopic (exact) mass is 327 g/mol. The molecule has 1 aliphatic heterocycles. The maximum absolute atomic E-state index is 12.0. The van der Waals surface area contributed by atoms with Gasteiger partial charge in [-0.1, -0.05) is 19.8 Å². The number of nitrogens with zero attached hydrogens (tertiary/aromatic N) is 2. The zero-order valence-corrected chi connectivity index (χ0v) is 14.8. The Hall–Kier alpha value is -0.850. The minimum Gasteiger partial charge on any atom is -0.379 e. The Labute approximate surface area is 140 Å². The highest BCUT2D eigenvalue weighted by Crippen LogP contribution is 2.25. The normalized spacial score (nSPS) is 26.0. The fourth-order valence-electron chi connectivity index (χ4n) is 3.25. The lowest BCUT2D eigenvalue weighted by Crippen LogP contribution is -2.45. The number of carbonyl (C=O) groups excluding carboxylic acids is 1. The average molecular weight is 327 g/mol. The lowest BCUT2D eigenvalue weighted by atomic mass is 9.88. The molecule has 1 heterocycles. The number of nitrogens with one attached hydrogen (secondary N) is 1. The highest BCUT2D eigenvalue weighted by molar-refractivity contribution is 5.73. The first-order valence-electron chi connectivity index (χ1n) is 9.07. The Morgan fingerprint density at radius 1 is 1.30 bits per heavy atom. The second-order valence-corrected chi connectivity index (χ2v) is 6.78. The molecule has 6 nitrogen and oxygen atoms in total. The van der Waals surface area contributed by atoms with E-state index in [0.717, 1.165) is 45.8 Å². The van der Waals surface area contributed by atoms with Crippen molar-refractivity contribution in [2.75, 3.05) is 59.6 Å². The van der Waals surface area contributed by atoms with E-state index in [0.29, 0.717) is 25.2 Å². The van der Waals surface area contributed by atoms with Crippen molar-refractivity contribution in [3.63, 3.8) is 0 Å². The molecule has 2 rings (SSSR count). The third kappa shape index (κ3) is 6.65. The smallest absolute Gasteiger partial charge is 0.317 e. The molecule has 2 atom stereocenters. The molecule has 1 saturated heterocycles. The summed E-state index contributed by atoms with van der Waals surface area (Å²) in [7, 11) is 1.85. The molecular formula is C17H33N3O3. The van der Waals surface area contributed by atoms with E-state index in [4.69, 9.17) is 9.47 Å². The molecule has 0 radical (unpaired) electrons. The highest BCUT2D eigenvalue weighted by atomic mass is 16.5. The molecule has 2 aliphatic rings. The number of urea groups is 1. The largest absolute Gasteiger partial charge is 0.379 e. The Bertz CT molecular complexity index is 348. The fraction of sp³-hybridized carbons (Fsp3) is 0.941. The lowest BCUT2D eigenvalue weighted by molar-refractivity contribution is -0.00272. The van der Waals surface area contributed by atoms with Crippen LogP contribution in [0.4, 0.5) is 4.79 Å². The Balaban J connectivity index is 1.53. The van der Waals surface area contributed by atoms with Gasteiger partial charge in [-0.15, -0.1) is 0 Å². The molecule has 0 aromatic heterocycles. The van der Waals surface area contributed by atoms with E-state index in [1.54, 1.807) is 4.90 Å². The quantitative estimate of drug-likeness (QED) is 0.721. The van der Waals surface area contributed by atoms with Crippen LogP contribution in [0.25, 0.3) is 0 Å². The highest BCUT2D eigenvalue weighted by Gasteiger charge is 2.21. The van der Waals surface area contributed by atoms with Crippen LogP contribution in [0.2, 0.25) is 0 Å². The average Bonchev–Trinajstić information content (AvgIpc) is 2.58. The van der Waals surface area contributed by atoms with Gasteiger partial charge in [0.25, 0.3) is 0 Å². The van der Waals surface area contributed by atoms with Gasteiger partial charge < -0.3 is 19.7 Å². The van der Waals surface area contributed by atoms with Gasteiger partial charge in [0.15, 0.2) is 0 Å². The fourth-order valence-corrected chi connectivity index (χ4v) is 3.25. The van der Waals surface area contributed by atoms with Gasteiger partial charge >= 0.3 is 6.03 Å². The molecule has 1 aliphatic carbocycles. The van der Waals surface area contributed by atoms with Crippen LogP contribution in [0, 0.1) is 5.92 Å². The van der Waals surface area contributed by atoms with Crippen molar-refractivity contribution in [2.45, 2.75) is 38.7 Å². The van der Waals surface area contributed by atoms with Gasteiger partial charge in [0.1, 0.15) is 0 Å². The molecule has 0 bridgehead atoms. The molecular weight excluding hydrogens is 294 g/mol. The Kier molecular flexibility index (Phi) is 8.12. The van der Waals surface area contributed by atoms with Crippen LogP contribution in [0.15, 0.2) is 0 Å². The van der Waals surface area contributed by atoms with Gasteiger partial charge in [-0.3, -0.25) is 4.90 Å². The van der Waals surface area contributed by atoms with Gasteiger partial charge in [-0.05, 0) is 18.8 Å². The van der Waals surface area contributed by atoms with Crippen LogP contribution in [-0.2, 0) is 9.47 Å². The van der Waals surface area contributed by atoms with Gasteiger partial charge in [-0.25, -0.2) is 4.79 Å². The van der Waals surface area contributed by atoms with Crippen molar-refractivity contribution in [1.82, 2.24) is 15.1 Å². The number of carbonyl (C=O) groups is 1. The van der Waals surface area contributed by atoms with Crippen molar-refractivity contribution in [2.24, 2.45) is 5.92 Å². The van der Waals surface area contributed by atoms with Crippen molar-refractivity contribution >= 4 is 6.03 Å². The van der Waals surface area contributed by atoms with Crippen LogP contribution < -0.4 is 5.32 Å². The molecule has 134 valence electrons. The SMILES string of the molecule is C[C@H]1CCCC[C@H]1OCCNC(=O)N(C)CCN1CCOCC1. The number of amides is 2. The zero-order chi connectivity index (χ0) is 16.5. The third-order valence-electron chi connectivity index (χ3n) is 4.95. The van der Waals surface area contributed by atoms with E-state index >= 15 is 0 Å². The number of rotatable bonds is 7. The molecule has 6 heteroatoms. The van der Waals surface area contributed by atoms with Crippen molar-refractivity contribution in [3.8, 4) is 0 Å². The summed E-state index contributed by atoms with van der Waals surface area (Å²) >= 11 is 0. The standard InChI is InChI=1S/C17H33N3O3/c1-15-5-3-4-6-16(15)23-12-7-18-17(21)19(2)8-9-20-10-13-22-14-11-20/h15-16H,3-14H2,1-2H3,(H,18,21)/t15-,16+/m0/s1. The summed E-state index contributed by atoms with van der Waals surface area (Å²) in [5.74, 6) is 0.649. The first-order valence-corrected chi connectivity index (χ1v) is 9.07. The van der Waals surface area contributed by atoms with Crippen LogP contribution >= 0.6 is 0 Å². The van der Waals surface area contributed by atoms with Crippen LogP contribution in [0.5, 0.6) is 0 Å². The third-order valence-corrected chi connectivity index (χ3v) is 4.95. The van der Waals surface area contributed by atoms with Crippen LogP contribution in [0.1, 0.15) is 32.6 Å². The minimum atomic E-state index is -0.0152. The second kappa shape index (κ2) is 10.1. The summed E-state index contributed by atoms with van der Waals surface area (Å²) in [6, 6.07) is -0.0152. The summed E-state index contributed by atoms with van der Waals surface area (Å²) in [5, 5.41) is 2.94. The van der Waals surface area contributed by atoms with E-state index in [2.05, 4.69) is 17.1 Å². The van der Waals surface area contributed by atoms with Gasteiger partial charge in [0, 0.05) is 39.8 Å². The van der Waals surface area contributed by atoms with Crippen LogP contribution in [-0.4, -0.2) is 81.5 Å². The van der Waals surface area contributed by atoms with Gasteiger partial charge in [0.2, 0.25) is 0 Å². The van der Waals surface area contributed by atoms with E-state index in [1.807, 2.05) is 7.05 Å². The molecule has 2 fully saturated rings. The predicted octanol–water partition coefficient (Wildman–Crippen LogP) is 1.56. The molecule has 23 heavy (non-hydrogen) atoms. The molecule has 2 amide bonds. The molecule has 0 aromatic rings. The van der Waals surface area contributed by atoms with Crippen molar-refractivity contribution < 1.29 is 14.3 Å².